The zero-order chi connectivity index (χ0) is 31.8. The van der Waals surface area contributed by atoms with Gasteiger partial charge in [-0.3, -0.25) is 9.36 Å². The Morgan fingerprint density at radius 2 is 1.61 bits per heavy atom. The molecule has 0 bridgehead atoms. The zero-order valence-corrected chi connectivity index (χ0v) is 28.9. The van der Waals surface area contributed by atoms with Gasteiger partial charge in [0.15, 0.2) is 11.4 Å². The third kappa shape index (κ3) is 9.24. The summed E-state index contributed by atoms with van der Waals surface area (Å²) in [6.45, 7) is 9.81. The van der Waals surface area contributed by atoms with E-state index in [2.05, 4.69) is 56.5 Å². The van der Waals surface area contributed by atoms with Gasteiger partial charge in [-0.2, -0.15) is 0 Å². The molecule has 1 fully saturated rings. The van der Waals surface area contributed by atoms with Crippen LogP contribution in [0.15, 0.2) is 46.3 Å². The van der Waals surface area contributed by atoms with Gasteiger partial charge in [-0.25, -0.2) is 0 Å². The fourth-order valence-corrected chi connectivity index (χ4v) is 6.44. The number of esters is 1. The predicted octanol–water partition coefficient (Wildman–Crippen LogP) is 6.31. The fraction of sp³-hybridized carbons (Fsp3) is 0.594. The SMILES string of the molecule is COC[C@H](OC(C)C)C(COC(=O)CSc1nnc(Br)n1-c1ccc(C2CC2)c2ccccc12)O[C@@H](OC)C(C)OC(C)C. The number of carbonyl (C=O) groups is 1. The van der Waals surface area contributed by atoms with Gasteiger partial charge in [0.1, 0.15) is 24.9 Å². The lowest BCUT2D eigenvalue weighted by Crippen LogP contribution is -2.46. The maximum absolute atomic E-state index is 13.1. The summed E-state index contributed by atoms with van der Waals surface area (Å²) in [6, 6.07) is 12.7. The van der Waals surface area contributed by atoms with Crippen LogP contribution in [0.4, 0.5) is 0 Å². The molecule has 0 spiro atoms. The molecule has 1 aromatic heterocycles. The molecule has 1 aliphatic rings. The van der Waals surface area contributed by atoms with E-state index in [-0.39, 0.29) is 37.3 Å². The highest BCUT2D eigenvalue weighted by Gasteiger charge is 2.32. The number of halogens is 1. The van der Waals surface area contributed by atoms with E-state index in [0.29, 0.717) is 15.8 Å². The minimum Gasteiger partial charge on any atom is -0.462 e. The summed E-state index contributed by atoms with van der Waals surface area (Å²) in [5.41, 5.74) is 2.32. The molecule has 2 unspecified atom stereocenters. The average Bonchev–Trinajstić information content (AvgIpc) is 3.76. The van der Waals surface area contributed by atoms with Crippen LogP contribution in [0.25, 0.3) is 16.5 Å². The molecule has 3 aromatic rings. The molecule has 12 heteroatoms. The Morgan fingerprint density at radius 3 is 2.25 bits per heavy atom. The van der Waals surface area contributed by atoms with Gasteiger partial charge in [-0.05, 0) is 86.3 Å². The largest absolute Gasteiger partial charge is 0.462 e. The molecule has 0 aliphatic heterocycles. The summed E-state index contributed by atoms with van der Waals surface area (Å²) in [5.74, 6) is 0.217. The van der Waals surface area contributed by atoms with Crippen molar-refractivity contribution in [3.63, 3.8) is 0 Å². The smallest absolute Gasteiger partial charge is 0.316 e. The number of methoxy groups -OCH3 is 2. The summed E-state index contributed by atoms with van der Waals surface area (Å²) in [4.78, 5) is 13.1. The molecular formula is C32H44BrN3O7S. The number of thioether (sulfide) groups is 1. The zero-order valence-electron chi connectivity index (χ0n) is 26.5. The van der Waals surface area contributed by atoms with E-state index in [9.17, 15) is 4.79 Å². The minimum absolute atomic E-state index is 0.0163. The van der Waals surface area contributed by atoms with E-state index >= 15 is 0 Å². The lowest BCUT2D eigenvalue weighted by Gasteiger charge is -2.33. The lowest BCUT2D eigenvalue weighted by molar-refractivity contribution is -0.249. The Labute approximate surface area is 272 Å². The Morgan fingerprint density at radius 1 is 0.932 bits per heavy atom. The van der Waals surface area contributed by atoms with E-state index in [1.165, 1.54) is 35.6 Å². The van der Waals surface area contributed by atoms with Crippen molar-refractivity contribution in [3.05, 3.63) is 46.7 Å². The molecule has 10 nitrogen and oxygen atoms in total. The summed E-state index contributed by atoms with van der Waals surface area (Å²) < 4.78 is 37.4. The number of benzene rings is 2. The van der Waals surface area contributed by atoms with Crippen LogP contribution in [0.2, 0.25) is 0 Å². The minimum atomic E-state index is -0.706. The lowest BCUT2D eigenvalue weighted by atomic mass is 9.99. The first-order valence-corrected chi connectivity index (χ1v) is 16.8. The molecule has 0 radical (unpaired) electrons. The second kappa shape index (κ2) is 16.5. The molecular weight excluding hydrogens is 650 g/mol. The van der Waals surface area contributed by atoms with Gasteiger partial charge in [0.2, 0.25) is 4.73 Å². The van der Waals surface area contributed by atoms with E-state index in [1.807, 2.05) is 45.3 Å². The molecule has 1 aliphatic carbocycles. The van der Waals surface area contributed by atoms with Crippen molar-refractivity contribution < 1.29 is 33.2 Å². The van der Waals surface area contributed by atoms with E-state index in [0.717, 1.165) is 11.1 Å². The monoisotopic (exact) mass is 693 g/mol. The molecule has 4 rings (SSSR count). The van der Waals surface area contributed by atoms with Crippen LogP contribution in [-0.4, -0.2) is 90.7 Å². The Balaban J connectivity index is 1.46. The predicted molar refractivity (Wildman–Crippen MR) is 173 cm³/mol. The second-order valence-electron chi connectivity index (χ2n) is 11.4. The first-order valence-electron chi connectivity index (χ1n) is 15.0. The van der Waals surface area contributed by atoms with Crippen molar-refractivity contribution in [2.24, 2.45) is 0 Å². The van der Waals surface area contributed by atoms with Crippen molar-refractivity contribution in [2.45, 2.75) is 95.3 Å². The van der Waals surface area contributed by atoms with E-state index < -0.39 is 24.5 Å². The van der Waals surface area contributed by atoms with Gasteiger partial charge in [0, 0.05) is 19.6 Å². The Kier molecular flexibility index (Phi) is 13.0. The Hall–Kier alpha value is -2.06. The number of hydrogen-bond donors (Lipinski definition) is 0. The summed E-state index contributed by atoms with van der Waals surface area (Å²) in [5, 5.41) is 11.5. The van der Waals surface area contributed by atoms with Gasteiger partial charge in [-0.1, -0.05) is 42.1 Å². The van der Waals surface area contributed by atoms with E-state index in [4.69, 9.17) is 28.4 Å². The van der Waals surface area contributed by atoms with Crippen LogP contribution in [-0.2, 0) is 33.2 Å². The molecule has 4 atom stereocenters. The number of rotatable bonds is 18. The van der Waals surface area contributed by atoms with Crippen molar-refractivity contribution in [3.8, 4) is 5.69 Å². The second-order valence-corrected chi connectivity index (χ2v) is 13.1. The highest BCUT2D eigenvalue weighted by Crippen LogP contribution is 2.44. The van der Waals surface area contributed by atoms with Gasteiger partial charge < -0.3 is 28.4 Å². The highest BCUT2D eigenvalue weighted by molar-refractivity contribution is 9.10. The van der Waals surface area contributed by atoms with Gasteiger partial charge in [0.05, 0.1) is 30.3 Å². The number of nitrogens with zero attached hydrogens (tertiary/aromatic N) is 3. The molecule has 44 heavy (non-hydrogen) atoms. The third-order valence-corrected chi connectivity index (χ3v) is 8.53. The Bertz CT molecular complexity index is 1370. The molecule has 0 amide bonds. The van der Waals surface area contributed by atoms with Crippen molar-refractivity contribution in [2.75, 3.05) is 33.2 Å². The number of hydrogen-bond acceptors (Lipinski definition) is 10. The van der Waals surface area contributed by atoms with Gasteiger partial charge in [-0.15, -0.1) is 10.2 Å². The molecule has 1 heterocycles. The number of carbonyl (C=O) groups excluding carboxylic acids is 1. The first kappa shape index (κ1) is 34.8. The number of fused-ring (bicyclic) bond motifs is 1. The highest BCUT2D eigenvalue weighted by atomic mass is 79.9. The normalized spacial score (nSPS) is 16.4. The summed E-state index contributed by atoms with van der Waals surface area (Å²) in [7, 11) is 3.14. The molecule has 2 aromatic carbocycles. The van der Waals surface area contributed by atoms with Crippen molar-refractivity contribution in [1.82, 2.24) is 14.8 Å². The number of aromatic nitrogens is 3. The fourth-order valence-electron chi connectivity index (χ4n) is 5.15. The average molecular weight is 695 g/mol. The quantitative estimate of drug-likeness (QED) is 0.0856. The topological polar surface area (TPSA) is 103 Å². The standard InChI is InChI=1S/C32H44BrN3O7S/c1-19(2)41-21(5)30(39-7)43-28(27(16-38-6)42-20(3)4)17-40-29(37)18-44-32-35-34-31(33)36(32)26-15-14-23(22-12-13-22)24-10-8-9-11-25(24)26/h8-11,14-15,19-22,27-28,30H,12-13,16-18H2,1-7H3/t21?,27-,28?,30+/m0/s1. The van der Waals surface area contributed by atoms with E-state index in [1.54, 1.807) is 14.2 Å². The van der Waals surface area contributed by atoms with Gasteiger partial charge in [0.25, 0.3) is 0 Å². The van der Waals surface area contributed by atoms with Crippen LogP contribution in [0, 0.1) is 0 Å². The summed E-state index contributed by atoms with van der Waals surface area (Å²) >= 11 is 4.81. The molecule has 0 saturated heterocycles. The van der Waals surface area contributed by atoms with Gasteiger partial charge >= 0.3 is 5.97 Å². The van der Waals surface area contributed by atoms with Crippen LogP contribution >= 0.6 is 27.7 Å². The van der Waals surface area contributed by atoms with Crippen molar-refractivity contribution >= 4 is 44.4 Å². The molecule has 1 saturated carbocycles. The van der Waals surface area contributed by atoms with Crippen LogP contribution < -0.4 is 0 Å². The molecule has 0 N–H and O–H groups in total. The maximum Gasteiger partial charge on any atom is 0.316 e. The van der Waals surface area contributed by atoms with Crippen LogP contribution in [0.3, 0.4) is 0 Å². The number of ether oxygens (including phenoxy) is 6. The first-order chi connectivity index (χ1) is 21.1. The maximum atomic E-state index is 13.1. The van der Waals surface area contributed by atoms with Crippen LogP contribution in [0.5, 0.6) is 0 Å². The third-order valence-electron chi connectivity index (χ3n) is 7.12. The summed E-state index contributed by atoms with van der Waals surface area (Å²) in [6.07, 6.45) is 0.0920. The van der Waals surface area contributed by atoms with Crippen molar-refractivity contribution in [1.29, 1.82) is 0 Å². The van der Waals surface area contributed by atoms with Crippen LogP contribution in [0.1, 0.15) is 58.9 Å². The molecule has 242 valence electrons.